The van der Waals surface area contributed by atoms with Crippen molar-refractivity contribution in [2.24, 2.45) is 4.99 Å². The molecule has 0 saturated heterocycles. The summed E-state index contributed by atoms with van der Waals surface area (Å²) >= 11 is 0. The molecule has 1 aliphatic heterocycles. The summed E-state index contributed by atoms with van der Waals surface area (Å²) < 4.78 is 0. The molecule has 1 aliphatic carbocycles. The van der Waals surface area contributed by atoms with Crippen molar-refractivity contribution in [3.05, 3.63) is 29.8 Å². The molecule has 3 unspecified atom stereocenters. The Morgan fingerprint density at radius 1 is 1.29 bits per heavy atom. The van der Waals surface area contributed by atoms with Gasteiger partial charge in [0.1, 0.15) is 11.6 Å². The molecule has 0 amide bonds. The highest BCUT2D eigenvalue weighted by molar-refractivity contribution is 6.00. The Morgan fingerprint density at radius 3 is 3.00 bits per heavy atom. The lowest BCUT2D eigenvalue weighted by Gasteiger charge is -2.27. The molecule has 17 heavy (non-hydrogen) atoms. The van der Waals surface area contributed by atoms with Crippen LogP contribution in [0.4, 0.5) is 0 Å². The zero-order valence-electron chi connectivity index (χ0n) is 9.50. The number of aliphatic imine (C=N–C) groups is 1. The average Bonchev–Trinajstić information content (AvgIpc) is 2.72. The smallest absolute Gasteiger partial charge is 0.129 e. The first-order valence-electron chi connectivity index (χ1n) is 6.04. The fourth-order valence-corrected chi connectivity index (χ4v) is 2.63. The second kappa shape index (κ2) is 4.04. The number of aromatic hydroxyl groups is 1. The van der Waals surface area contributed by atoms with E-state index in [-0.39, 0.29) is 23.9 Å². The number of phenols is 1. The molecule has 3 rings (SSSR count). The summed E-state index contributed by atoms with van der Waals surface area (Å²) in [6.45, 7) is 0. The van der Waals surface area contributed by atoms with Gasteiger partial charge in [-0.2, -0.15) is 0 Å². The SMILES string of the molecule is Oc1cccc(C2=NC3CCC(O)CC3N2)c1. The number of fused-ring (bicyclic) bond motifs is 1. The van der Waals surface area contributed by atoms with E-state index in [9.17, 15) is 10.2 Å². The van der Waals surface area contributed by atoms with Gasteiger partial charge in [0, 0.05) is 5.56 Å². The third kappa shape index (κ3) is 2.00. The summed E-state index contributed by atoms with van der Waals surface area (Å²) in [4.78, 5) is 4.64. The second-order valence-corrected chi connectivity index (χ2v) is 4.81. The van der Waals surface area contributed by atoms with Crippen LogP contribution in [-0.4, -0.2) is 34.2 Å². The van der Waals surface area contributed by atoms with Crippen molar-refractivity contribution in [2.75, 3.05) is 0 Å². The summed E-state index contributed by atoms with van der Waals surface area (Å²) in [5.74, 6) is 1.09. The molecule has 0 spiro atoms. The standard InChI is InChI=1S/C13H16N2O2/c16-9-3-1-2-8(6-9)13-14-11-5-4-10(17)7-12(11)15-13/h1-3,6,10-12,16-17H,4-5,7H2,(H,14,15). The van der Waals surface area contributed by atoms with Crippen LogP contribution in [0.2, 0.25) is 0 Å². The zero-order valence-corrected chi connectivity index (χ0v) is 9.50. The van der Waals surface area contributed by atoms with Crippen LogP contribution in [0.25, 0.3) is 0 Å². The fraction of sp³-hybridized carbons (Fsp3) is 0.462. The predicted molar refractivity (Wildman–Crippen MR) is 65.2 cm³/mol. The number of hydrogen-bond acceptors (Lipinski definition) is 4. The third-order valence-corrected chi connectivity index (χ3v) is 3.52. The summed E-state index contributed by atoms with van der Waals surface area (Å²) in [7, 11) is 0. The lowest BCUT2D eigenvalue weighted by Crippen LogP contribution is -2.41. The molecule has 1 aromatic rings. The van der Waals surface area contributed by atoms with E-state index in [1.807, 2.05) is 12.1 Å². The largest absolute Gasteiger partial charge is 0.508 e. The van der Waals surface area contributed by atoms with Crippen molar-refractivity contribution in [2.45, 2.75) is 37.5 Å². The second-order valence-electron chi connectivity index (χ2n) is 4.81. The van der Waals surface area contributed by atoms with Gasteiger partial charge < -0.3 is 15.5 Å². The Kier molecular flexibility index (Phi) is 2.52. The molecular weight excluding hydrogens is 216 g/mol. The Bertz CT molecular complexity index is 458. The van der Waals surface area contributed by atoms with Crippen LogP contribution in [0.1, 0.15) is 24.8 Å². The van der Waals surface area contributed by atoms with E-state index in [4.69, 9.17) is 0 Å². The minimum Gasteiger partial charge on any atom is -0.508 e. The van der Waals surface area contributed by atoms with Gasteiger partial charge in [0.05, 0.1) is 18.2 Å². The van der Waals surface area contributed by atoms with Crippen LogP contribution in [0.3, 0.4) is 0 Å². The third-order valence-electron chi connectivity index (χ3n) is 3.52. The molecule has 90 valence electrons. The van der Waals surface area contributed by atoms with Gasteiger partial charge in [0.15, 0.2) is 0 Å². The number of aliphatic hydroxyl groups excluding tert-OH is 1. The molecule has 4 nitrogen and oxygen atoms in total. The molecule has 0 radical (unpaired) electrons. The van der Waals surface area contributed by atoms with Gasteiger partial charge in [-0.25, -0.2) is 0 Å². The van der Waals surface area contributed by atoms with Crippen LogP contribution in [0.15, 0.2) is 29.3 Å². The van der Waals surface area contributed by atoms with Gasteiger partial charge in [0.25, 0.3) is 0 Å². The highest BCUT2D eigenvalue weighted by Crippen LogP contribution is 2.27. The number of hydrogen-bond donors (Lipinski definition) is 3. The maximum atomic E-state index is 9.63. The van der Waals surface area contributed by atoms with Gasteiger partial charge >= 0.3 is 0 Å². The van der Waals surface area contributed by atoms with E-state index in [1.165, 1.54) is 0 Å². The molecule has 1 aromatic carbocycles. The number of rotatable bonds is 1. The summed E-state index contributed by atoms with van der Waals surface area (Å²) in [6, 6.07) is 7.62. The summed E-state index contributed by atoms with van der Waals surface area (Å²) in [6.07, 6.45) is 2.32. The van der Waals surface area contributed by atoms with Gasteiger partial charge in [-0.15, -0.1) is 0 Å². The van der Waals surface area contributed by atoms with E-state index < -0.39 is 0 Å². The Hall–Kier alpha value is -1.55. The van der Waals surface area contributed by atoms with Crippen molar-refractivity contribution in [1.29, 1.82) is 0 Å². The van der Waals surface area contributed by atoms with Crippen molar-refractivity contribution in [3.8, 4) is 5.75 Å². The molecule has 1 heterocycles. The number of benzene rings is 1. The van der Waals surface area contributed by atoms with E-state index in [2.05, 4.69) is 10.3 Å². The zero-order chi connectivity index (χ0) is 11.8. The van der Waals surface area contributed by atoms with E-state index in [0.29, 0.717) is 0 Å². The van der Waals surface area contributed by atoms with Crippen molar-refractivity contribution in [3.63, 3.8) is 0 Å². The quantitative estimate of drug-likeness (QED) is 0.677. The van der Waals surface area contributed by atoms with Gasteiger partial charge in [-0.1, -0.05) is 12.1 Å². The summed E-state index contributed by atoms with van der Waals surface area (Å²) in [5, 5.41) is 22.4. The molecule has 4 heteroatoms. The van der Waals surface area contributed by atoms with Crippen molar-refractivity contribution in [1.82, 2.24) is 5.32 Å². The number of aliphatic hydroxyl groups is 1. The Balaban J connectivity index is 1.82. The van der Waals surface area contributed by atoms with Crippen LogP contribution in [-0.2, 0) is 0 Å². The molecule has 0 bridgehead atoms. The predicted octanol–water partition coefficient (Wildman–Crippen LogP) is 1.02. The van der Waals surface area contributed by atoms with E-state index >= 15 is 0 Å². The van der Waals surface area contributed by atoms with Gasteiger partial charge in [0.2, 0.25) is 0 Å². The first-order valence-corrected chi connectivity index (χ1v) is 6.04. The number of nitrogens with zero attached hydrogens (tertiary/aromatic N) is 1. The van der Waals surface area contributed by atoms with Gasteiger partial charge in [-0.05, 0) is 31.4 Å². The van der Waals surface area contributed by atoms with Gasteiger partial charge in [-0.3, -0.25) is 4.99 Å². The first kappa shape index (κ1) is 10.6. The van der Waals surface area contributed by atoms with Crippen molar-refractivity contribution < 1.29 is 10.2 Å². The molecule has 3 atom stereocenters. The molecule has 1 saturated carbocycles. The Morgan fingerprint density at radius 2 is 2.18 bits per heavy atom. The van der Waals surface area contributed by atoms with Crippen LogP contribution >= 0.6 is 0 Å². The van der Waals surface area contributed by atoms with Crippen LogP contribution in [0, 0.1) is 0 Å². The fourth-order valence-electron chi connectivity index (χ4n) is 2.63. The maximum absolute atomic E-state index is 9.63. The molecule has 0 aromatic heterocycles. The minimum absolute atomic E-state index is 0.206. The lowest BCUT2D eigenvalue weighted by atomic mass is 9.90. The lowest BCUT2D eigenvalue weighted by molar-refractivity contribution is 0.112. The van der Waals surface area contributed by atoms with E-state index in [1.54, 1.807) is 12.1 Å². The maximum Gasteiger partial charge on any atom is 0.129 e. The normalized spacial score (nSPS) is 31.6. The van der Waals surface area contributed by atoms with Crippen LogP contribution in [0.5, 0.6) is 5.75 Å². The van der Waals surface area contributed by atoms with Crippen molar-refractivity contribution >= 4 is 5.84 Å². The highest BCUT2D eigenvalue weighted by atomic mass is 16.3. The minimum atomic E-state index is -0.206. The first-order chi connectivity index (χ1) is 8.22. The number of nitrogens with one attached hydrogen (secondary N) is 1. The Labute approximate surface area is 100 Å². The molecule has 1 fully saturated rings. The number of amidine groups is 1. The monoisotopic (exact) mass is 232 g/mol. The summed E-state index contributed by atoms with van der Waals surface area (Å²) in [5.41, 5.74) is 0.911. The molecule has 3 N–H and O–H groups in total. The topological polar surface area (TPSA) is 64.9 Å². The van der Waals surface area contributed by atoms with E-state index in [0.717, 1.165) is 30.7 Å². The molecule has 2 aliphatic rings. The average molecular weight is 232 g/mol. The highest BCUT2D eigenvalue weighted by Gasteiger charge is 2.34. The number of phenolic OH excluding ortho intramolecular Hbond substituents is 1. The van der Waals surface area contributed by atoms with Crippen LogP contribution < -0.4 is 5.32 Å². The molecular formula is C13H16N2O2.